The Labute approximate surface area is 101 Å². The predicted molar refractivity (Wildman–Crippen MR) is 64.0 cm³/mol. The number of carbonyl (C=O) groups is 1. The Kier molecular flexibility index (Phi) is 2.92. The molecule has 0 bridgehead atoms. The summed E-state index contributed by atoms with van der Waals surface area (Å²) in [5.41, 5.74) is 5.95. The first-order valence-electron chi connectivity index (χ1n) is 4.92. The van der Waals surface area contributed by atoms with Crippen molar-refractivity contribution in [3.05, 3.63) is 46.3 Å². The number of hydrogen-bond acceptors (Lipinski definition) is 5. The van der Waals surface area contributed by atoms with E-state index in [9.17, 15) is 14.9 Å². The number of aromatic nitrogens is 2. The zero-order valence-corrected chi connectivity index (χ0v) is 9.08. The van der Waals surface area contributed by atoms with Crippen LogP contribution < -0.4 is 11.1 Å². The third kappa shape index (κ3) is 2.43. The summed E-state index contributed by atoms with van der Waals surface area (Å²) >= 11 is 0. The van der Waals surface area contributed by atoms with Crippen LogP contribution in [0.4, 0.5) is 17.3 Å². The number of pyridine rings is 1. The van der Waals surface area contributed by atoms with Gasteiger partial charge in [0.25, 0.3) is 5.91 Å². The lowest BCUT2D eigenvalue weighted by Crippen LogP contribution is -2.12. The highest BCUT2D eigenvalue weighted by molar-refractivity contribution is 6.03. The van der Waals surface area contributed by atoms with Gasteiger partial charge in [-0.05, 0) is 23.1 Å². The first-order valence-corrected chi connectivity index (χ1v) is 4.92. The average Bonchev–Trinajstić information content (AvgIpc) is 2.81. The Hall–Kier alpha value is -2.90. The molecule has 2 heterocycles. The van der Waals surface area contributed by atoms with E-state index in [4.69, 9.17) is 5.73 Å². The molecule has 0 unspecified atom stereocenters. The van der Waals surface area contributed by atoms with Gasteiger partial charge >= 0.3 is 5.82 Å². The SMILES string of the molecule is Nc1ccc(NC(=O)c2ccc([N+](=O)[O-])[nH]2)cn1. The second kappa shape index (κ2) is 4.53. The zero-order chi connectivity index (χ0) is 13.1. The molecule has 2 aromatic heterocycles. The van der Waals surface area contributed by atoms with Gasteiger partial charge in [0.1, 0.15) is 5.82 Å². The van der Waals surface area contributed by atoms with Crippen LogP contribution in [-0.2, 0) is 0 Å². The van der Waals surface area contributed by atoms with Gasteiger partial charge in [-0.15, -0.1) is 0 Å². The maximum absolute atomic E-state index is 11.7. The number of carbonyl (C=O) groups excluding carboxylic acids is 1. The smallest absolute Gasteiger partial charge is 0.321 e. The van der Waals surface area contributed by atoms with E-state index in [-0.39, 0.29) is 11.5 Å². The number of nitro groups is 1. The van der Waals surface area contributed by atoms with Crippen molar-refractivity contribution in [1.82, 2.24) is 9.97 Å². The molecule has 1 amide bonds. The summed E-state index contributed by atoms with van der Waals surface area (Å²) in [6.07, 6.45) is 1.39. The third-order valence-corrected chi connectivity index (χ3v) is 2.16. The lowest BCUT2D eigenvalue weighted by Gasteiger charge is -2.01. The largest absolute Gasteiger partial charge is 0.384 e. The van der Waals surface area contributed by atoms with E-state index in [0.717, 1.165) is 0 Å². The second-order valence-electron chi connectivity index (χ2n) is 3.44. The molecule has 0 saturated heterocycles. The normalized spacial score (nSPS) is 10.0. The van der Waals surface area contributed by atoms with Crippen LogP contribution in [0, 0.1) is 10.1 Å². The fraction of sp³-hybridized carbons (Fsp3) is 0. The van der Waals surface area contributed by atoms with Crippen LogP contribution in [0.5, 0.6) is 0 Å². The molecule has 2 aromatic rings. The van der Waals surface area contributed by atoms with Gasteiger partial charge in [-0.2, -0.15) is 0 Å². The van der Waals surface area contributed by atoms with E-state index < -0.39 is 10.8 Å². The van der Waals surface area contributed by atoms with Gasteiger partial charge in [0, 0.05) is 6.07 Å². The van der Waals surface area contributed by atoms with Crippen molar-refractivity contribution >= 4 is 23.2 Å². The zero-order valence-electron chi connectivity index (χ0n) is 9.08. The van der Waals surface area contributed by atoms with Crippen molar-refractivity contribution < 1.29 is 9.72 Å². The molecule has 0 atom stereocenters. The molecule has 4 N–H and O–H groups in total. The maximum Gasteiger partial charge on any atom is 0.321 e. The Morgan fingerprint density at radius 1 is 1.39 bits per heavy atom. The summed E-state index contributed by atoms with van der Waals surface area (Å²) in [4.78, 5) is 27.7. The summed E-state index contributed by atoms with van der Waals surface area (Å²) in [6, 6.07) is 5.67. The molecule has 92 valence electrons. The lowest BCUT2D eigenvalue weighted by atomic mass is 10.3. The molecule has 0 fully saturated rings. The minimum Gasteiger partial charge on any atom is -0.384 e. The maximum atomic E-state index is 11.7. The van der Waals surface area contributed by atoms with Crippen LogP contribution >= 0.6 is 0 Å². The van der Waals surface area contributed by atoms with Crippen LogP contribution in [-0.4, -0.2) is 20.8 Å². The van der Waals surface area contributed by atoms with Crippen LogP contribution in [0.3, 0.4) is 0 Å². The van der Waals surface area contributed by atoms with Crippen molar-refractivity contribution in [2.24, 2.45) is 0 Å². The Morgan fingerprint density at radius 2 is 2.17 bits per heavy atom. The molecule has 2 rings (SSSR count). The number of H-pyrrole nitrogens is 1. The number of aromatic amines is 1. The molecule has 0 aromatic carbocycles. The molecule has 0 aliphatic rings. The minimum absolute atomic E-state index is 0.0959. The van der Waals surface area contributed by atoms with Crippen molar-refractivity contribution in [2.75, 3.05) is 11.1 Å². The molecule has 0 radical (unpaired) electrons. The van der Waals surface area contributed by atoms with Crippen LogP contribution in [0.25, 0.3) is 0 Å². The number of nitrogens with two attached hydrogens (primary N) is 1. The van der Waals surface area contributed by atoms with Gasteiger partial charge < -0.3 is 21.2 Å². The van der Waals surface area contributed by atoms with E-state index >= 15 is 0 Å². The average molecular weight is 247 g/mol. The summed E-state index contributed by atoms with van der Waals surface area (Å²) in [7, 11) is 0. The summed E-state index contributed by atoms with van der Waals surface area (Å²) in [5.74, 6) is -0.395. The van der Waals surface area contributed by atoms with Crippen molar-refractivity contribution in [3.63, 3.8) is 0 Å². The van der Waals surface area contributed by atoms with Crippen molar-refractivity contribution in [2.45, 2.75) is 0 Å². The topological polar surface area (TPSA) is 127 Å². The molecule has 0 saturated carbocycles. The van der Waals surface area contributed by atoms with Gasteiger partial charge in [0.15, 0.2) is 5.69 Å². The molecule has 8 heteroatoms. The monoisotopic (exact) mass is 247 g/mol. The second-order valence-corrected chi connectivity index (χ2v) is 3.44. The van der Waals surface area contributed by atoms with Gasteiger partial charge in [0.05, 0.1) is 11.9 Å². The fourth-order valence-corrected chi connectivity index (χ4v) is 1.30. The first kappa shape index (κ1) is 11.6. The van der Waals surface area contributed by atoms with E-state index in [0.29, 0.717) is 11.5 Å². The van der Waals surface area contributed by atoms with Gasteiger partial charge in [-0.1, -0.05) is 0 Å². The summed E-state index contributed by atoms with van der Waals surface area (Å²) < 4.78 is 0. The highest BCUT2D eigenvalue weighted by Crippen LogP contribution is 2.12. The molecular formula is C10H9N5O3. The number of nitrogens with one attached hydrogen (secondary N) is 2. The third-order valence-electron chi connectivity index (χ3n) is 2.16. The van der Waals surface area contributed by atoms with Crippen LogP contribution in [0.1, 0.15) is 10.5 Å². The molecule has 18 heavy (non-hydrogen) atoms. The quantitative estimate of drug-likeness (QED) is 0.553. The molecular weight excluding hydrogens is 238 g/mol. The van der Waals surface area contributed by atoms with Crippen LogP contribution in [0.15, 0.2) is 30.5 Å². The number of hydrogen-bond donors (Lipinski definition) is 3. The molecule has 0 aliphatic carbocycles. The van der Waals surface area contributed by atoms with E-state index in [1.54, 1.807) is 6.07 Å². The minimum atomic E-state index is -0.610. The van der Waals surface area contributed by atoms with E-state index in [2.05, 4.69) is 15.3 Å². The Balaban J connectivity index is 2.11. The fourth-order valence-electron chi connectivity index (χ4n) is 1.30. The Morgan fingerprint density at radius 3 is 2.72 bits per heavy atom. The van der Waals surface area contributed by atoms with Crippen molar-refractivity contribution in [1.29, 1.82) is 0 Å². The Bertz CT molecular complexity index is 590. The highest BCUT2D eigenvalue weighted by Gasteiger charge is 2.15. The number of nitrogens with zero attached hydrogens (tertiary/aromatic N) is 2. The first-order chi connectivity index (χ1) is 8.56. The van der Waals surface area contributed by atoms with Crippen LogP contribution in [0.2, 0.25) is 0 Å². The predicted octanol–water partition coefficient (Wildman–Crippen LogP) is 1.15. The van der Waals surface area contributed by atoms with Gasteiger partial charge in [-0.3, -0.25) is 4.79 Å². The van der Waals surface area contributed by atoms with Crippen molar-refractivity contribution in [3.8, 4) is 0 Å². The molecule has 8 nitrogen and oxygen atoms in total. The lowest BCUT2D eigenvalue weighted by molar-refractivity contribution is -0.389. The molecule has 0 aliphatic heterocycles. The van der Waals surface area contributed by atoms with E-state index in [1.165, 1.54) is 24.4 Å². The molecule has 0 spiro atoms. The highest BCUT2D eigenvalue weighted by atomic mass is 16.6. The standard InChI is InChI=1S/C10H9N5O3/c11-8-3-1-6(5-12-8)13-10(16)7-2-4-9(14-7)15(17)18/h1-5,14H,(H2,11,12)(H,13,16). The van der Waals surface area contributed by atoms with Gasteiger partial charge in [0.2, 0.25) is 0 Å². The number of amides is 1. The summed E-state index contributed by atoms with van der Waals surface area (Å²) in [5, 5.41) is 13.0. The summed E-state index contributed by atoms with van der Waals surface area (Å²) in [6.45, 7) is 0. The number of anilines is 2. The number of rotatable bonds is 3. The van der Waals surface area contributed by atoms with Gasteiger partial charge in [-0.25, -0.2) is 9.97 Å². The van der Waals surface area contributed by atoms with E-state index in [1.807, 2.05) is 0 Å². The number of nitrogen functional groups attached to an aromatic ring is 1.